The number of nitrogens with zero attached hydrogens (tertiary/aromatic N) is 1. The minimum Gasteiger partial charge on any atom is -0.286 e. The first-order chi connectivity index (χ1) is 6.59. The summed E-state index contributed by atoms with van der Waals surface area (Å²) in [6, 6.07) is 0. The van der Waals surface area contributed by atoms with E-state index in [0.717, 1.165) is 12.3 Å². The van der Waals surface area contributed by atoms with Crippen molar-refractivity contribution in [3.63, 3.8) is 0 Å². The summed E-state index contributed by atoms with van der Waals surface area (Å²) in [5, 5.41) is 0. The molecule has 0 heterocycles. The zero-order chi connectivity index (χ0) is 10.3. The van der Waals surface area contributed by atoms with Crippen LogP contribution in [-0.4, -0.2) is 23.8 Å². The molecule has 2 bridgehead atoms. The molecule has 0 spiro atoms. The van der Waals surface area contributed by atoms with Crippen molar-refractivity contribution in [1.82, 2.24) is 4.90 Å². The summed E-state index contributed by atoms with van der Waals surface area (Å²) in [5.41, 5.74) is 0. The Morgan fingerprint density at radius 2 is 1.93 bits per heavy atom. The van der Waals surface area contributed by atoms with Crippen molar-refractivity contribution < 1.29 is 9.59 Å². The highest BCUT2D eigenvalue weighted by Gasteiger charge is 2.44. The summed E-state index contributed by atoms with van der Waals surface area (Å²) in [6.07, 6.45) is 4.70. The van der Waals surface area contributed by atoms with Crippen molar-refractivity contribution in [1.29, 1.82) is 0 Å². The Morgan fingerprint density at radius 3 is 2.36 bits per heavy atom. The Morgan fingerprint density at radius 1 is 1.21 bits per heavy atom. The van der Waals surface area contributed by atoms with Gasteiger partial charge in [0.05, 0.1) is 0 Å². The molecule has 2 aliphatic carbocycles. The molecule has 0 N–H and O–H groups in total. The summed E-state index contributed by atoms with van der Waals surface area (Å²) in [4.78, 5) is 24.2. The fraction of sp³-hybridized carbons (Fsp3) is 0.818. The molecule has 3 nitrogen and oxygen atoms in total. The predicted octanol–water partition coefficient (Wildman–Crippen LogP) is 1.43. The number of fused-ring (bicyclic) bond motifs is 2. The predicted molar refractivity (Wildman–Crippen MR) is 52.4 cm³/mol. The van der Waals surface area contributed by atoms with E-state index in [1.165, 1.54) is 31.1 Å². The molecule has 2 fully saturated rings. The smallest absolute Gasteiger partial charge is 0.232 e. The summed E-state index contributed by atoms with van der Waals surface area (Å²) in [5.74, 6) is 1.37. The average molecular weight is 195 g/mol. The molecule has 14 heavy (non-hydrogen) atoms. The fourth-order valence-corrected chi connectivity index (χ4v) is 2.95. The van der Waals surface area contributed by atoms with E-state index in [-0.39, 0.29) is 17.7 Å². The summed E-state index contributed by atoms with van der Waals surface area (Å²) < 4.78 is 0. The number of hydrogen-bond acceptors (Lipinski definition) is 2. The number of imide groups is 1. The Balaban J connectivity index is 2.02. The highest BCUT2D eigenvalue weighted by atomic mass is 16.2. The number of rotatable bonds is 1. The van der Waals surface area contributed by atoms with Crippen LogP contribution >= 0.6 is 0 Å². The van der Waals surface area contributed by atoms with Gasteiger partial charge in [0.15, 0.2) is 0 Å². The van der Waals surface area contributed by atoms with Crippen molar-refractivity contribution in [2.75, 3.05) is 7.05 Å². The van der Waals surface area contributed by atoms with Crippen LogP contribution in [0.5, 0.6) is 0 Å². The second kappa shape index (κ2) is 3.37. The summed E-state index contributed by atoms with van der Waals surface area (Å²) in [6.45, 7) is 1.45. The van der Waals surface area contributed by atoms with E-state index in [4.69, 9.17) is 0 Å². The molecule has 0 aliphatic heterocycles. The summed E-state index contributed by atoms with van der Waals surface area (Å²) in [7, 11) is 1.59. The van der Waals surface area contributed by atoms with Gasteiger partial charge in [-0.3, -0.25) is 14.5 Å². The lowest BCUT2D eigenvalue weighted by Crippen LogP contribution is -2.38. The monoisotopic (exact) mass is 195 g/mol. The van der Waals surface area contributed by atoms with Gasteiger partial charge in [0.1, 0.15) is 0 Å². The zero-order valence-electron chi connectivity index (χ0n) is 8.82. The number of hydrogen-bond donors (Lipinski definition) is 0. The molecule has 0 aromatic heterocycles. The first-order valence-corrected chi connectivity index (χ1v) is 5.37. The van der Waals surface area contributed by atoms with Crippen LogP contribution in [0, 0.1) is 17.8 Å². The standard InChI is InChI=1S/C11H17NO2/c1-7(13)12(2)11(14)10-6-8-3-4-9(10)5-8/h8-10H,3-6H2,1-2H3. The first kappa shape index (κ1) is 9.69. The van der Waals surface area contributed by atoms with Crippen LogP contribution in [0.25, 0.3) is 0 Å². The molecule has 3 unspecified atom stereocenters. The van der Waals surface area contributed by atoms with E-state index < -0.39 is 0 Å². The van der Waals surface area contributed by atoms with Gasteiger partial charge in [0.2, 0.25) is 11.8 Å². The van der Waals surface area contributed by atoms with Gasteiger partial charge in [0.25, 0.3) is 0 Å². The van der Waals surface area contributed by atoms with Gasteiger partial charge in [-0.25, -0.2) is 0 Å². The van der Waals surface area contributed by atoms with E-state index in [1.54, 1.807) is 7.05 Å². The van der Waals surface area contributed by atoms with Gasteiger partial charge < -0.3 is 0 Å². The van der Waals surface area contributed by atoms with E-state index in [1.807, 2.05) is 0 Å². The van der Waals surface area contributed by atoms with Crippen molar-refractivity contribution in [3.8, 4) is 0 Å². The van der Waals surface area contributed by atoms with Crippen molar-refractivity contribution >= 4 is 11.8 Å². The highest BCUT2D eigenvalue weighted by Crippen LogP contribution is 2.48. The SMILES string of the molecule is CC(=O)N(C)C(=O)C1CC2CCC1C2. The highest BCUT2D eigenvalue weighted by molar-refractivity contribution is 5.95. The Bertz CT molecular complexity index is 274. The van der Waals surface area contributed by atoms with Gasteiger partial charge >= 0.3 is 0 Å². The van der Waals surface area contributed by atoms with Gasteiger partial charge in [-0.05, 0) is 31.1 Å². The van der Waals surface area contributed by atoms with Crippen LogP contribution in [0.3, 0.4) is 0 Å². The third-order valence-corrected chi connectivity index (χ3v) is 3.86. The second-order valence-corrected chi connectivity index (χ2v) is 4.70. The molecule has 0 aromatic rings. The molecular formula is C11H17NO2. The van der Waals surface area contributed by atoms with Crippen LogP contribution in [0.4, 0.5) is 0 Å². The second-order valence-electron chi connectivity index (χ2n) is 4.70. The maximum atomic E-state index is 11.9. The number of carbonyl (C=O) groups excluding carboxylic acids is 2. The maximum absolute atomic E-state index is 11.9. The van der Waals surface area contributed by atoms with E-state index in [9.17, 15) is 9.59 Å². The van der Waals surface area contributed by atoms with Crippen LogP contribution in [0.15, 0.2) is 0 Å². The molecule has 2 saturated carbocycles. The van der Waals surface area contributed by atoms with Gasteiger partial charge in [-0.15, -0.1) is 0 Å². The van der Waals surface area contributed by atoms with Crippen molar-refractivity contribution in [2.24, 2.45) is 17.8 Å². The number of amides is 2. The lowest BCUT2D eigenvalue weighted by Gasteiger charge is -2.24. The lowest BCUT2D eigenvalue weighted by atomic mass is 9.88. The molecule has 2 rings (SSSR count). The topological polar surface area (TPSA) is 37.4 Å². The van der Waals surface area contributed by atoms with E-state index >= 15 is 0 Å². The van der Waals surface area contributed by atoms with E-state index in [0.29, 0.717) is 5.92 Å². The minimum absolute atomic E-state index is 0.0460. The third kappa shape index (κ3) is 1.45. The third-order valence-electron chi connectivity index (χ3n) is 3.86. The van der Waals surface area contributed by atoms with Crippen LogP contribution < -0.4 is 0 Å². The van der Waals surface area contributed by atoms with Gasteiger partial charge in [0, 0.05) is 19.9 Å². The molecule has 0 radical (unpaired) electrons. The van der Waals surface area contributed by atoms with Gasteiger partial charge in [-0.2, -0.15) is 0 Å². The molecular weight excluding hydrogens is 178 g/mol. The molecule has 0 aromatic carbocycles. The fourth-order valence-electron chi connectivity index (χ4n) is 2.95. The van der Waals surface area contributed by atoms with E-state index in [2.05, 4.69) is 0 Å². The minimum atomic E-state index is -0.141. The molecule has 0 saturated heterocycles. The normalized spacial score (nSPS) is 34.6. The lowest BCUT2D eigenvalue weighted by molar-refractivity contribution is -0.145. The first-order valence-electron chi connectivity index (χ1n) is 5.37. The van der Waals surface area contributed by atoms with Crippen LogP contribution in [-0.2, 0) is 9.59 Å². The van der Waals surface area contributed by atoms with Gasteiger partial charge in [-0.1, -0.05) is 6.42 Å². The Kier molecular flexibility index (Phi) is 2.33. The molecule has 2 aliphatic rings. The quantitative estimate of drug-likeness (QED) is 0.634. The molecule has 78 valence electrons. The Hall–Kier alpha value is -0.860. The number of carbonyl (C=O) groups is 2. The molecule has 3 atom stereocenters. The zero-order valence-corrected chi connectivity index (χ0v) is 8.82. The Labute approximate surface area is 84.5 Å². The molecule has 2 amide bonds. The van der Waals surface area contributed by atoms with Crippen molar-refractivity contribution in [3.05, 3.63) is 0 Å². The average Bonchev–Trinajstić information content (AvgIpc) is 2.76. The largest absolute Gasteiger partial charge is 0.286 e. The van der Waals surface area contributed by atoms with Crippen molar-refractivity contribution in [2.45, 2.75) is 32.6 Å². The summed E-state index contributed by atoms with van der Waals surface area (Å²) >= 11 is 0. The molecule has 3 heteroatoms. The van der Waals surface area contributed by atoms with Crippen LogP contribution in [0.2, 0.25) is 0 Å². The maximum Gasteiger partial charge on any atom is 0.232 e. The van der Waals surface area contributed by atoms with Crippen LogP contribution in [0.1, 0.15) is 32.6 Å².